The molecule has 102 valence electrons. The van der Waals surface area contributed by atoms with E-state index in [4.69, 9.17) is 4.74 Å². The van der Waals surface area contributed by atoms with E-state index in [0.717, 1.165) is 26.3 Å². The van der Waals surface area contributed by atoms with Crippen molar-refractivity contribution in [1.29, 1.82) is 0 Å². The molecule has 3 atom stereocenters. The molecule has 1 N–H and O–H groups in total. The Morgan fingerprint density at radius 1 is 1.56 bits per heavy atom. The van der Waals surface area contributed by atoms with Crippen molar-refractivity contribution in [1.82, 2.24) is 10.2 Å². The average Bonchev–Trinajstić information content (AvgIpc) is 3.00. The first kappa shape index (κ1) is 14.0. The van der Waals surface area contributed by atoms with Crippen molar-refractivity contribution >= 4 is 11.3 Å². The van der Waals surface area contributed by atoms with Gasteiger partial charge in [0.25, 0.3) is 0 Å². The Morgan fingerprint density at radius 2 is 2.39 bits per heavy atom. The van der Waals surface area contributed by atoms with Gasteiger partial charge in [-0.25, -0.2) is 0 Å². The molecule has 0 spiro atoms. The second-order valence-electron chi connectivity index (χ2n) is 5.09. The predicted octanol–water partition coefficient (Wildman–Crippen LogP) is 2.37. The molecule has 0 aliphatic carbocycles. The highest BCUT2D eigenvalue weighted by molar-refractivity contribution is 7.10. The Hall–Kier alpha value is -0.420. The Morgan fingerprint density at radius 3 is 3.06 bits per heavy atom. The van der Waals surface area contributed by atoms with E-state index in [-0.39, 0.29) is 0 Å². The molecule has 1 saturated heterocycles. The molecule has 3 unspecified atom stereocenters. The summed E-state index contributed by atoms with van der Waals surface area (Å²) < 4.78 is 5.61. The van der Waals surface area contributed by atoms with Crippen molar-refractivity contribution in [3.05, 3.63) is 22.4 Å². The number of hydrogen-bond donors (Lipinski definition) is 1. The minimum absolute atomic E-state index is 0.493. The van der Waals surface area contributed by atoms with Gasteiger partial charge in [-0.05, 0) is 32.0 Å². The molecule has 4 heteroatoms. The van der Waals surface area contributed by atoms with Gasteiger partial charge >= 0.3 is 0 Å². The van der Waals surface area contributed by atoms with Gasteiger partial charge in [-0.15, -0.1) is 11.3 Å². The number of rotatable bonds is 6. The first-order chi connectivity index (χ1) is 8.72. The summed E-state index contributed by atoms with van der Waals surface area (Å²) in [6, 6.07) is 5.37. The molecule has 0 saturated carbocycles. The van der Waals surface area contributed by atoms with Crippen LogP contribution in [0.3, 0.4) is 0 Å². The standard InChI is InChI=1S/C14H24N2OS/c1-4-15-13-10-17-9-12(13)8-16(3)11(2)14-6-5-7-18-14/h5-7,11-13,15H,4,8-10H2,1-3H3. The van der Waals surface area contributed by atoms with Crippen LogP contribution in [0.1, 0.15) is 24.8 Å². The van der Waals surface area contributed by atoms with Crippen molar-refractivity contribution < 1.29 is 4.74 Å². The summed E-state index contributed by atoms with van der Waals surface area (Å²) in [5.41, 5.74) is 0. The highest BCUT2D eigenvalue weighted by atomic mass is 32.1. The zero-order valence-corrected chi connectivity index (χ0v) is 12.4. The Bertz CT molecular complexity index is 342. The molecule has 1 aliphatic heterocycles. The zero-order chi connectivity index (χ0) is 13.0. The maximum atomic E-state index is 5.61. The molecule has 1 aliphatic rings. The van der Waals surface area contributed by atoms with Crippen LogP contribution in [0.25, 0.3) is 0 Å². The summed E-state index contributed by atoms with van der Waals surface area (Å²) in [6.45, 7) is 8.31. The molecule has 0 amide bonds. The molecule has 2 rings (SSSR count). The fourth-order valence-corrected chi connectivity index (χ4v) is 3.39. The molecule has 2 heterocycles. The Labute approximate surface area is 114 Å². The van der Waals surface area contributed by atoms with Crippen LogP contribution in [-0.4, -0.2) is 44.3 Å². The SMILES string of the molecule is CCNC1COCC1CN(C)C(C)c1cccs1. The van der Waals surface area contributed by atoms with Gasteiger partial charge in [0.05, 0.1) is 13.2 Å². The number of nitrogens with one attached hydrogen (secondary N) is 1. The summed E-state index contributed by atoms with van der Waals surface area (Å²) in [5.74, 6) is 0.609. The van der Waals surface area contributed by atoms with Gasteiger partial charge in [-0.3, -0.25) is 4.90 Å². The van der Waals surface area contributed by atoms with Crippen LogP contribution in [0.5, 0.6) is 0 Å². The lowest BCUT2D eigenvalue weighted by Crippen LogP contribution is -2.41. The van der Waals surface area contributed by atoms with Gasteiger partial charge in [0.2, 0.25) is 0 Å². The van der Waals surface area contributed by atoms with Crippen molar-refractivity contribution in [2.45, 2.75) is 25.9 Å². The van der Waals surface area contributed by atoms with Gasteiger partial charge in [-0.2, -0.15) is 0 Å². The van der Waals surface area contributed by atoms with E-state index in [1.807, 2.05) is 11.3 Å². The molecule has 1 aromatic heterocycles. The largest absolute Gasteiger partial charge is 0.379 e. The lowest BCUT2D eigenvalue weighted by atomic mass is 10.0. The van der Waals surface area contributed by atoms with E-state index in [1.54, 1.807) is 0 Å². The van der Waals surface area contributed by atoms with E-state index < -0.39 is 0 Å². The van der Waals surface area contributed by atoms with E-state index >= 15 is 0 Å². The molecule has 0 radical (unpaired) electrons. The third-order valence-corrected chi connectivity index (χ3v) is 4.85. The lowest BCUT2D eigenvalue weighted by molar-refractivity contribution is 0.164. The van der Waals surface area contributed by atoms with E-state index in [2.05, 4.69) is 48.6 Å². The van der Waals surface area contributed by atoms with Gasteiger partial charge < -0.3 is 10.1 Å². The molecule has 0 aromatic carbocycles. The molecule has 0 bridgehead atoms. The quantitative estimate of drug-likeness (QED) is 0.857. The van der Waals surface area contributed by atoms with Crippen LogP contribution in [0.2, 0.25) is 0 Å². The monoisotopic (exact) mass is 268 g/mol. The summed E-state index contributed by atoms with van der Waals surface area (Å²) >= 11 is 1.84. The van der Waals surface area contributed by atoms with Crippen LogP contribution in [-0.2, 0) is 4.74 Å². The van der Waals surface area contributed by atoms with E-state index in [9.17, 15) is 0 Å². The second-order valence-corrected chi connectivity index (χ2v) is 6.07. The third kappa shape index (κ3) is 3.32. The minimum Gasteiger partial charge on any atom is -0.379 e. The fraction of sp³-hybridized carbons (Fsp3) is 0.714. The molecule has 1 aromatic rings. The lowest BCUT2D eigenvalue weighted by Gasteiger charge is -2.28. The maximum absolute atomic E-state index is 5.61. The van der Waals surface area contributed by atoms with Crippen LogP contribution in [0.15, 0.2) is 17.5 Å². The van der Waals surface area contributed by atoms with Crippen molar-refractivity contribution in [3.63, 3.8) is 0 Å². The van der Waals surface area contributed by atoms with Crippen molar-refractivity contribution in [2.24, 2.45) is 5.92 Å². The summed E-state index contributed by atoms with van der Waals surface area (Å²) in [7, 11) is 2.21. The Kier molecular flexibility index (Phi) is 5.18. The average molecular weight is 268 g/mol. The molecule has 1 fully saturated rings. The number of nitrogens with zero attached hydrogens (tertiary/aromatic N) is 1. The van der Waals surface area contributed by atoms with E-state index in [0.29, 0.717) is 18.0 Å². The molecule has 18 heavy (non-hydrogen) atoms. The minimum atomic E-state index is 0.493. The molecule has 3 nitrogen and oxygen atoms in total. The first-order valence-corrected chi connectivity index (χ1v) is 7.65. The van der Waals surface area contributed by atoms with Gasteiger partial charge in [0.1, 0.15) is 0 Å². The normalized spacial score (nSPS) is 25.8. The van der Waals surface area contributed by atoms with Crippen LogP contribution < -0.4 is 5.32 Å². The summed E-state index contributed by atoms with van der Waals surface area (Å²) in [4.78, 5) is 3.88. The zero-order valence-electron chi connectivity index (χ0n) is 11.6. The highest BCUT2D eigenvalue weighted by Crippen LogP contribution is 2.25. The highest BCUT2D eigenvalue weighted by Gasteiger charge is 2.29. The second kappa shape index (κ2) is 6.66. The predicted molar refractivity (Wildman–Crippen MR) is 77.1 cm³/mol. The Balaban J connectivity index is 1.88. The van der Waals surface area contributed by atoms with Crippen molar-refractivity contribution in [2.75, 3.05) is 33.4 Å². The molecular weight excluding hydrogens is 244 g/mol. The number of hydrogen-bond acceptors (Lipinski definition) is 4. The van der Waals surface area contributed by atoms with Crippen LogP contribution >= 0.6 is 11.3 Å². The third-order valence-electron chi connectivity index (χ3n) is 3.80. The van der Waals surface area contributed by atoms with Crippen LogP contribution in [0.4, 0.5) is 0 Å². The summed E-state index contributed by atoms with van der Waals surface area (Å²) in [5, 5.41) is 5.68. The first-order valence-electron chi connectivity index (χ1n) is 6.77. The number of likely N-dealkylation sites (N-methyl/N-ethyl adjacent to an activating group) is 1. The smallest absolute Gasteiger partial charge is 0.0623 e. The maximum Gasteiger partial charge on any atom is 0.0623 e. The van der Waals surface area contributed by atoms with Gasteiger partial charge in [-0.1, -0.05) is 13.0 Å². The van der Waals surface area contributed by atoms with Gasteiger partial charge in [0.15, 0.2) is 0 Å². The number of thiophene rings is 1. The molecular formula is C14H24N2OS. The summed E-state index contributed by atoms with van der Waals surface area (Å²) in [6.07, 6.45) is 0. The van der Waals surface area contributed by atoms with Crippen LogP contribution in [0, 0.1) is 5.92 Å². The van der Waals surface area contributed by atoms with E-state index in [1.165, 1.54) is 4.88 Å². The fourth-order valence-electron chi connectivity index (χ4n) is 2.54. The van der Waals surface area contributed by atoms with Gasteiger partial charge in [0, 0.05) is 29.4 Å². The van der Waals surface area contributed by atoms with Crippen molar-refractivity contribution in [3.8, 4) is 0 Å². The topological polar surface area (TPSA) is 24.5 Å². The number of ether oxygens (including phenoxy) is 1.